The molecule has 0 aliphatic carbocycles. The lowest BCUT2D eigenvalue weighted by Gasteiger charge is -2.37. The van der Waals surface area contributed by atoms with Gasteiger partial charge in [-0.25, -0.2) is 4.79 Å². The number of aromatic amines is 1. The highest BCUT2D eigenvalue weighted by Crippen LogP contribution is 2.26. The molecule has 2 saturated heterocycles. The summed E-state index contributed by atoms with van der Waals surface area (Å²) in [6, 6.07) is -0.0918. The highest BCUT2D eigenvalue weighted by atomic mass is 16.6. The van der Waals surface area contributed by atoms with Crippen molar-refractivity contribution in [3.8, 4) is 0 Å². The molecule has 9 nitrogen and oxygen atoms in total. The first-order valence-electron chi connectivity index (χ1n) is 10.2. The Labute approximate surface area is 171 Å². The van der Waals surface area contributed by atoms with Crippen LogP contribution in [-0.4, -0.2) is 64.3 Å². The van der Waals surface area contributed by atoms with Crippen LogP contribution in [0.3, 0.4) is 0 Å². The van der Waals surface area contributed by atoms with Gasteiger partial charge in [-0.3, -0.25) is 14.7 Å². The summed E-state index contributed by atoms with van der Waals surface area (Å²) >= 11 is 0. The number of rotatable bonds is 4. The normalized spacial score (nSPS) is 23.8. The van der Waals surface area contributed by atoms with Crippen LogP contribution in [0.5, 0.6) is 0 Å². The first-order valence-corrected chi connectivity index (χ1v) is 10.2. The molecule has 0 spiro atoms. The van der Waals surface area contributed by atoms with E-state index < -0.39 is 5.60 Å². The number of carbonyl (C=O) groups excluding carboxylic acids is 3. The largest absolute Gasteiger partial charge is 0.444 e. The summed E-state index contributed by atoms with van der Waals surface area (Å²) < 4.78 is 5.48. The third-order valence-electron chi connectivity index (χ3n) is 5.48. The Hall–Kier alpha value is -2.58. The van der Waals surface area contributed by atoms with Gasteiger partial charge in [-0.05, 0) is 46.5 Å². The van der Waals surface area contributed by atoms with E-state index >= 15 is 0 Å². The van der Waals surface area contributed by atoms with Crippen LogP contribution >= 0.6 is 0 Å². The molecule has 1 aromatic heterocycles. The molecule has 0 saturated carbocycles. The molecular formula is C20H31N5O4. The standard InChI is InChI=1S/C20H31N5O4/c1-13(14-6-5-7-24(11-14)19(28)29-20(2,3)4)23-18(27)15-8-17(26)25(12-15)16-9-21-22-10-16/h9-10,13-15H,5-8,11-12H2,1-4H3,(H,21,22)(H,23,27). The van der Waals surface area contributed by atoms with Gasteiger partial charge in [-0.15, -0.1) is 0 Å². The Morgan fingerprint density at radius 1 is 1.34 bits per heavy atom. The van der Waals surface area contributed by atoms with E-state index in [1.165, 1.54) is 0 Å². The Morgan fingerprint density at radius 3 is 2.76 bits per heavy atom. The van der Waals surface area contributed by atoms with Gasteiger partial charge in [-0.2, -0.15) is 5.10 Å². The highest BCUT2D eigenvalue weighted by molar-refractivity contribution is 6.00. The Balaban J connectivity index is 1.53. The fourth-order valence-corrected chi connectivity index (χ4v) is 3.89. The van der Waals surface area contributed by atoms with Crippen molar-refractivity contribution in [3.63, 3.8) is 0 Å². The Bertz CT molecular complexity index is 743. The molecule has 0 aromatic carbocycles. The number of ether oxygens (including phenoxy) is 1. The lowest BCUT2D eigenvalue weighted by atomic mass is 9.91. The second kappa shape index (κ2) is 8.42. The van der Waals surface area contributed by atoms with Gasteiger partial charge in [0.2, 0.25) is 11.8 Å². The van der Waals surface area contributed by atoms with Crippen LogP contribution in [0.25, 0.3) is 0 Å². The fraction of sp³-hybridized carbons (Fsp3) is 0.700. The van der Waals surface area contributed by atoms with Crippen LogP contribution in [0.2, 0.25) is 0 Å². The molecule has 2 aliphatic heterocycles. The van der Waals surface area contributed by atoms with Crippen molar-refractivity contribution in [2.75, 3.05) is 24.5 Å². The van der Waals surface area contributed by atoms with Crippen molar-refractivity contribution >= 4 is 23.6 Å². The Morgan fingerprint density at radius 2 is 2.10 bits per heavy atom. The van der Waals surface area contributed by atoms with Crippen LogP contribution in [0.4, 0.5) is 10.5 Å². The van der Waals surface area contributed by atoms with Crippen LogP contribution in [0.1, 0.15) is 47.0 Å². The number of piperidine rings is 1. The number of anilines is 1. The zero-order chi connectivity index (χ0) is 21.2. The summed E-state index contributed by atoms with van der Waals surface area (Å²) in [5.74, 6) is -0.424. The van der Waals surface area contributed by atoms with Crippen molar-refractivity contribution < 1.29 is 19.1 Å². The highest BCUT2D eigenvalue weighted by Gasteiger charge is 2.37. The minimum Gasteiger partial charge on any atom is -0.444 e. The number of hydrogen-bond acceptors (Lipinski definition) is 5. The van der Waals surface area contributed by atoms with E-state index in [2.05, 4.69) is 15.5 Å². The average Bonchev–Trinajstić information content (AvgIpc) is 3.29. The lowest BCUT2D eigenvalue weighted by molar-refractivity contribution is -0.127. The number of amides is 3. The molecule has 0 radical (unpaired) electrons. The van der Waals surface area contributed by atoms with Crippen molar-refractivity contribution in [3.05, 3.63) is 12.4 Å². The van der Waals surface area contributed by atoms with Gasteiger partial charge in [0.15, 0.2) is 0 Å². The molecule has 2 aliphatic rings. The zero-order valence-corrected chi connectivity index (χ0v) is 17.6. The molecule has 160 valence electrons. The van der Waals surface area contributed by atoms with Crippen LogP contribution in [-0.2, 0) is 14.3 Å². The molecule has 9 heteroatoms. The number of aromatic nitrogens is 2. The molecule has 1 aromatic rings. The van der Waals surface area contributed by atoms with E-state index in [9.17, 15) is 14.4 Å². The van der Waals surface area contributed by atoms with Gasteiger partial charge in [0.1, 0.15) is 5.60 Å². The number of nitrogens with zero attached hydrogens (tertiary/aromatic N) is 3. The fourth-order valence-electron chi connectivity index (χ4n) is 3.89. The first kappa shape index (κ1) is 21.1. The SMILES string of the molecule is CC(NC(=O)C1CC(=O)N(c2cn[nH]c2)C1)C1CCCN(C(=O)OC(C)(C)C)C1. The van der Waals surface area contributed by atoms with Crippen molar-refractivity contribution in [2.45, 2.75) is 58.6 Å². The minimum atomic E-state index is -0.528. The van der Waals surface area contributed by atoms with Crippen LogP contribution < -0.4 is 10.2 Å². The predicted octanol–water partition coefficient (Wildman–Crippen LogP) is 1.91. The molecule has 2 fully saturated rings. The van der Waals surface area contributed by atoms with E-state index in [4.69, 9.17) is 4.74 Å². The Kier molecular flexibility index (Phi) is 6.14. The summed E-state index contributed by atoms with van der Waals surface area (Å²) in [6.07, 6.45) is 4.92. The molecule has 3 unspecified atom stereocenters. The predicted molar refractivity (Wildman–Crippen MR) is 107 cm³/mol. The topological polar surface area (TPSA) is 108 Å². The summed E-state index contributed by atoms with van der Waals surface area (Å²) in [4.78, 5) is 40.7. The van der Waals surface area contributed by atoms with Gasteiger partial charge in [0.05, 0.1) is 17.8 Å². The summed E-state index contributed by atoms with van der Waals surface area (Å²) in [5.41, 5.74) is 0.151. The van der Waals surface area contributed by atoms with Gasteiger partial charge in [0, 0.05) is 38.3 Å². The van der Waals surface area contributed by atoms with E-state index in [0.29, 0.717) is 25.3 Å². The third kappa shape index (κ3) is 5.27. The van der Waals surface area contributed by atoms with Crippen molar-refractivity contribution in [2.24, 2.45) is 11.8 Å². The molecule has 3 atom stereocenters. The van der Waals surface area contributed by atoms with Gasteiger partial charge >= 0.3 is 6.09 Å². The van der Waals surface area contributed by atoms with E-state index in [0.717, 1.165) is 12.8 Å². The second-order valence-corrected chi connectivity index (χ2v) is 8.99. The minimum absolute atomic E-state index is 0.0760. The zero-order valence-electron chi connectivity index (χ0n) is 17.6. The summed E-state index contributed by atoms with van der Waals surface area (Å²) in [7, 11) is 0. The molecule has 0 bridgehead atoms. The summed E-state index contributed by atoms with van der Waals surface area (Å²) in [5, 5.41) is 9.61. The molecule has 2 N–H and O–H groups in total. The second-order valence-electron chi connectivity index (χ2n) is 8.99. The van der Waals surface area contributed by atoms with E-state index in [1.54, 1.807) is 22.2 Å². The smallest absolute Gasteiger partial charge is 0.410 e. The third-order valence-corrected chi connectivity index (χ3v) is 5.48. The maximum atomic E-state index is 12.7. The monoisotopic (exact) mass is 405 g/mol. The number of H-pyrrole nitrogens is 1. The molecule has 3 rings (SSSR count). The lowest BCUT2D eigenvalue weighted by Crippen LogP contribution is -2.50. The van der Waals surface area contributed by atoms with E-state index in [1.807, 2.05) is 27.7 Å². The number of likely N-dealkylation sites (tertiary alicyclic amines) is 1. The number of nitrogens with one attached hydrogen (secondary N) is 2. The number of carbonyl (C=O) groups is 3. The van der Waals surface area contributed by atoms with Gasteiger partial charge in [-0.1, -0.05) is 0 Å². The van der Waals surface area contributed by atoms with Crippen LogP contribution in [0.15, 0.2) is 12.4 Å². The number of hydrogen-bond donors (Lipinski definition) is 2. The van der Waals surface area contributed by atoms with Crippen molar-refractivity contribution in [1.82, 2.24) is 20.4 Å². The summed E-state index contributed by atoms with van der Waals surface area (Å²) in [6.45, 7) is 9.10. The maximum Gasteiger partial charge on any atom is 0.410 e. The average molecular weight is 405 g/mol. The van der Waals surface area contributed by atoms with E-state index in [-0.39, 0.29) is 42.2 Å². The molecule has 3 heterocycles. The molecular weight excluding hydrogens is 374 g/mol. The first-order chi connectivity index (χ1) is 13.6. The molecule has 3 amide bonds. The molecule has 29 heavy (non-hydrogen) atoms. The van der Waals surface area contributed by atoms with Crippen LogP contribution in [0, 0.1) is 11.8 Å². The van der Waals surface area contributed by atoms with Crippen molar-refractivity contribution in [1.29, 1.82) is 0 Å². The van der Waals surface area contributed by atoms with Gasteiger partial charge < -0.3 is 19.9 Å². The quantitative estimate of drug-likeness (QED) is 0.796. The van der Waals surface area contributed by atoms with Gasteiger partial charge in [0.25, 0.3) is 0 Å². The maximum absolute atomic E-state index is 12.7.